The summed E-state index contributed by atoms with van der Waals surface area (Å²) in [6.45, 7) is 6.05. The molecule has 0 nitrogen and oxygen atoms in total. The molecule has 2 rings (SSSR count). The first-order chi connectivity index (χ1) is 6.27. The summed E-state index contributed by atoms with van der Waals surface area (Å²) in [5.74, 6) is 0.559. The molecule has 1 aliphatic rings. The van der Waals surface area contributed by atoms with Crippen LogP contribution in [0.4, 0.5) is 4.39 Å². The van der Waals surface area contributed by atoms with Gasteiger partial charge in [-0.2, -0.15) is 0 Å². The maximum absolute atomic E-state index is 12.7. The van der Waals surface area contributed by atoms with E-state index in [9.17, 15) is 4.39 Å². The molecule has 0 aliphatic heterocycles. The maximum atomic E-state index is 12.7. The molecular weight excluding hydrogens is 163 g/mol. The van der Waals surface area contributed by atoms with E-state index in [4.69, 9.17) is 0 Å². The molecule has 1 aliphatic carbocycles. The Labute approximate surface area is 79.8 Å². The molecule has 0 heterocycles. The van der Waals surface area contributed by atoms with Gasteiger partial charge in [-0.25, -0.2) is 4.39 Å². The Morgan fingerprint density at radius 3 is 2.38 bits per heavy atom. The van der Waals surface area contributed by atoms with E-state index < -0.39 is 0 Å². The van der Waals surface area contributed by atoms with Gasteiger partial charge in [0.25, 0.3) is 0 Å². The first-order valence-electron chi connectivity index (χ1n) is 5.03. The quantitative estimate of drug-likeness (QED) is 0.612. The van der Waals surface area contributed by atoms with E-state index in [1.54, 1.807) is 6.07 Å². The summed E-state index contributed by atoms with van der Waals surface area (Å²) in [7, 11) is 0. The number of halogens is 1. The molecule has 1 saturated carbocycles. The lowest BCUT2D eigenvalue weighted by Crippen LogP contribution is -1.86. The lowest BCUT2D eigenvalue weighted by Gasteiger charge is -2.02. The Bertz CT molecular complexity index is 274. The number of hydrogen-bond acceptors (Lipinski definition) is 0. The van der Waals surface area contributed by atoms with Crippen molar-refractivity contribution in [1.82, 2.24) is 0 Å². The zero-order valence-corrected chi connectivity index (χ0v) is 8.60. The molecule has 1 fully saturated rings. The van der Waals surface area contributed by atoms with Crippen molar-refractivity contribution in [2.45, 2.75) is 39.5 Å². The van der Waals surface area contributed by atoms with Gasteiger partial charge in [0.1, 0.15) is 5.82 Å². The van der Waals surface area contributed by atoms with Crippen LogP contribution >= 0.6 is 0 Å². The standard InChI is InChI=1S/C10H11F.C2H6/c1-7-2-5-9(11)6-10(7)8-3-4-8;1-2/h2,5-6,8H,3-4H2,1H3;1-2H3. The van der Waals surface area contributed by atoms with Crippen LogP contribution < -0.4 is 0 Å². The predicted octanol–water partition coefficient (Wildman–Crippen LogP) is 4.04. The van der Waals surface area contributed by atoms with Crippen molar-refractivity contribution < 1.29 is 4.39 Å². The predicted molar refractivity (Wildman–Crippen MR) is 54.5 cm³/mol. The van der Waals surface area contributed by atoms with E-state index in [2.05, 4.69) is 0 Å². The molecule has 1 aromatic carbocycles. The van der Waals surface area contributed by atoms with Crippen molar-refractivity contribution in [3.05, 3.63) is 35.1 Å². The van der Waals surface area contributed by atoms with Gasteiger partial charge in [-0.05, 0) is 48.9 Å². The van der Waals surface area contributed by atoms with Crippen LogP contribution in [0.1, 0.15) is 43.7 Å². The van der Waals surface area contributed by atoms with E-state index in [0.29, 0.717) is 5.92 Å². The molecule has 0 bridgehead atoms. The van der Waals surface area contributed by atoms with Gasteiger partial charge in [0, 0.05) is 0 Å². The third-order valence-electron chi connectivity index (χ3n) is 2.26. The fourth-order valence-electron chi connectivity index (χ4n) is 1.45. The molecule has 0 N–H and O–H groups in total. The SMILES string of the molecule is CC.Cc1ccc(F)cc1C1CC1. The van der Waals surface area contributed by atoms with Gasteiger partial charge in [-0.15, -0.1) is 0 Å². The summed E-state index contributed by atoms with van der Waals surface area (Å²) < 4.78 is 12.7. The van der Waals surface area contributed by atoms with Gasteiger partial charge in [-0.1, -0.05) is 19.9 Å². The second-order valence-corrected chi connectivity index (χ2v) is 3.28. The highest BCUT2D eigenvalue weighted by atomic mass is 19.1. The Hall–Kier alpha value is -0.850. The van der Waals surface area contributed by atoms with Crippen molar-refractivity contribution in [3.8, 4) is 0 Å². The summed E-state index contributed by atoms with van der Waals surface area (Å²) in [4.78, 5) is 0. The first kappa shape index (κ1) is 10.2. The van der Waals surface area contributed by atoms with E-state index in [0.717, 1.165) is 0 Å². The van der Waals surface area contributed by atoms with Gasteiger partial charge in [0.05, 0.1) is 0 Å². The van der Waals surface area contributed by atoms with Crippen LogP contribution in [0.25, 0.3) is 0 Å². The largest absolute Gasteiger partial charge is 0.207 e. The highest BCUT2D eigenvalue weighted by Crippen LogP contribution is 2.41. The molecule has 13 heavy (non-hydrogen) atoms. The smallest absolute Gasteiger partial charge is 0.123 e. The van der Waals surface area contributed by atoms with Gasteiger partial charge < -0.3 is 0 Å². The molecule has 0 atom stereocenters. The Kier molecular flexibility index (Phi) is 3.47. The molecule has 0 amide bonds. The van der Waals surface area contributed by atoms with E-state index in [1.165, 1.54) is 30.0 Å². The first-order valence-corrected chi connectivity index (χ1v) is 5.03. The minimum absolute atomic E-state index is 0.0995. The monoisotopic (exact) mass is 180 g/mol. The number of benzene rings is 1. The lowest BCUT2D eigenvalue weighted by atomic mass is 10.0. The molecule has 1 aromatic rings. The maximum Gasteiger partial charge on any atom is 0.123 e. The molecule has 72 valence electrons. The average Bonchev–Trinajstić information content (AvgIpc) is 2.96. The third kappa shape index (κ3) is 2.55. The Balaban J connectivity index is 0.000000396. The van der Waals surface area contributed by atoms with Crippen LogP contribution in [0.3, 0.4) is 0 Å². The zero-order chi connectivity index (χ0) is 9.84. The molecule has 1 heteroatoms. The van der Waals surface area contributed by atoms with Crippen LogP contribution in [0.5, 0.6) is 0 Å². The molecule has 0 saturated heterocycles. The van der Waals surface area contributed by atoms with E-state index >= 15 is 0 Å². The minimum Gasteiger partial charge on any atom is -0.207 e. The fraction of sp³-hybridized carbons (Fsp3) is 0.500. The number of rotatable bonds is 1. The highest BCUT2D eigenvalue weighted by molar-refractivity contribution is 5.32. The molecule has 0 spiro atoms. The van der Waals surface area contributed by atoms with Crippen LogP contribution in [0, 0.1) is 12.7 Å². The van der Waals surface area contributed by atoms with Crippen LogP contribution in [-0.2, 0) is 0 Å². The van der Waals surface area contributed by atoms with Crippen molar-refractivity contribution >= 4 is 0 Å². The van der Waals surface area contributed by atoms with E-state index in [1.807, 2.05) is 26.8 Å². The summed E-state index contributed by atoms with van der Waals surface area (Å²) in [6, 6.07) is 5.07. The van der Waals surface area contributed by atoms with Gasteiger partial charge >= 0.3 is 0 Å². The summed E-state index contributed by atoms with van der Waals surface area (Å²) in [5.41, 5.74) is 2.44. The highest BCUT2D eigenvalue weighted by Gasteiger charge is 2.24. The summed E-state index contributed by atoms with van der Waals surface area (Å²) >= 11 is 0. The molecular formula is C12H17F. The van der Waals surface area contributed by atoms with E-state index in [-0.39, 0.29) is 5.82 Å². The number of hydrogen-bond donors (Lipinski definition) is 0. The molecule has 0 aromatic heterocycles. The van der Waals surface area contributed by atoms with Gasteiger partial charge in [0.15, 0.2) is 0 Å². The Morgan fingerprint density at radius 2 is 1.85 bits per heavy atom. The third-order valence-corrected chi connectivity index (χ3v) is 2.26. The van der Waals surface area contributed by atoms with Gasteiger partial charge in [-0.3, -0.25) is 0 Å². The van der Waals surface area contributed by atoms with Crippen molar-refractivity contribution in [2.75, 3.05) is 0 Å². The van der Waals surface area contributed by atoms with Crippen molar-refractivity contribution in [1.29, 1.82) is 0 Å². The van der Waals surface area contributed by atoms with Crippen LogP contribution in [-0.4, -0.2) is 0 Å². The topological polar surface area (TPSA) is 0 Å². The average molecular weight is 180 g/mol. The fourth-order valence-corrected chi connectivity index (χ4v) is 1.45. The van der Waals surface area contributed by atoms with Gasteiger partial charge in [0.2, 0.25) is 0 Å². The molecule has 0 unspecified atom stereocenters. The minimum atomic E-state index is -0.0995. The molecule has 0 radical (unpaired) electrons. The van der Waals surface area contributed by atoms with Crippen molar-refractivity contribution in [2.24, 2.45) is 0 Å². The number of aryl methyl sites for hydroxylation is 1. The van der Waals surface area contributed by atoms with Crippen LogP contribution in [0.15, 0.2) is 18.2 Å². The zero-order valence-electron chi connectivity index (χ0n) is 8.60. The van der Waals surface area contributed by atoms with Crippen LogP contribution in [0.2, 0.25) is 0 Å². The lowest BCUT2D eigenvalue weighted by molar-refractivity contribution is 0.625. The normalized spacial score (nSPS) is 14.8. The second kappa shape index (κ2) is 4.40. The summed E-state index contributed by atoms with van der Waals surface area (Å²) in [5, 5.41) is 0. The Morgan fingerprint density at radius 1 is 1.23 bits per heavy atom. The second-order valence-electron chi connectivity index (χ2n) is 3.28. The van der Waals surface area contributed by atoms with Crippen molar-refractivity contribution in [3.63, 3.8) is 0 Å². The summed E-state index contributed by atoms with van der Waals surface area (Å²) in [6.07, 6.45) is 2.48.